The van der Waals surface area contributed by atoms with Crippen molar-refractivity contribution in [1.29, 1.82) is 0 Å². The SMILES string of the molecule is c1ccc(-c2ccc(N(c3ccc(-c4ccc(N(c5ccc(-c6ccccc6)cc5)c5ccc6c(c5)c5ccccc5n6-c5ccccc5)cc4)cc3)c3ccc4oc5ccccc5c4c3)cc2)cc1. The maximum Gasteiger partial charge on any atom is 0.135 e. The van der Waals surface area contributed by atoms with Crippen molar-refractivity contribution in [2.75, 3.05) is 9.80 Å². The molecule has 0 bridgehead atoms. The third kappa shape index (κ3) is 7.36. The van der Waals surface area contributed by atoms with Crippen LogP contribution in [0.5, 0.6) is 0 Å². The summed E-state index contributed by atoms with van der Waals surface area (Å²) >= 11 is 0. The van der Waals surface area contributed by atoms with E-state index in [1.807, 2.05) is 12.1 Å². The lowest BCUT2D eigenvalue weighted by atomic mass is 10.0. The first-order chi connectivity index (χ1) is 34.7. The van der Waals surface area contributed by atoms with Crippen LogP contribution in [0.3, 0.4) is 0 Å². The molecule has 11 aromatic carbocycles. The summed E-state index contributed by atoms with van der Waals surface area (Å²) in [6.07, 6.45) is 0. The summed E-state index contributed by atoms with van der Waals surface area (Å²) < 4.78 is 8.62. The molecule has 0 saturated carbocycles. The molecule has 13 aromatic rings. The number of hydrogen-bond acceptors (Lipinski definition) is 3. The molecular weight excluding hydrogens is 851 g/mol. The standard InChI is InChI=1S/C66H45N3O/c1-4-14-46(15-5-1)48-24-32-53(33-25-48)67(57-40-42-64-61(44-57)59-20-10-12-22-63(59)69(64)52-18-8-3-9-19-52)54-36-28-50(29-37-54)51-30-38-56(39-31-51)68(55-34-26-49(27-35-55)47-16-6-2-7-17-47)58-41-43-66-62(45-58)60-21-11-13-23-65(60)70-66/h1-45H. The van der Waals surface area contributed by atoms with E-state index in [2.05, 4.69) is 275 Å². The lowest BCUT2D eigenvalue weighted by molar-refractivity contribution is 0.669. The van der Waals surface area contributed by atoms with Crippen LogP contribution in [0.25, 0.3) is 82.8 Å². The lowest BCUT2D eigenvalue weighted by Gasteiger charge is -2.27. The molecule has 2 heterocycles. The van der Waals surface area contributed by atoms with Gasteiger partial charge in [0.25, 0.3) is 0 Å². The molecule has 13 rings (SSSR count). The van der Waals surface area contributed by atoms with E-state index in [0.717, 1.165) is 72.9 Å². The summed E-state index contributed by atoms with van der Waals surface area (Å²) in [7, 11) is 0. The van der Waals surface area contributed by atoms with Gasteiger partial charge >= 0.3 is 0 Å². The molecule has 4 nitrogen and oxygen atoms in total. The number of benzene rings is 11. The number of fused-ring (bicyclic) bond motifs is 6. The fraction of sp³-hybridized carbons (Fsp3) is 0. The van der Waals surface area contributed by atoms with Crippen LogP contribution in [-0.4, -0.2) is 4.57 Å². The van der Waals surface area contributed by atoms with Crippen molar-refractivity contribution in [1.82, 2.24) is 4.57 Å². The number of hydrogen-bond donors (Lipinski definition) is 0. The first-order valence-corrected chi connectivity index (χ1v) is 23.8. The molecule has 4 heteroatoms. The largest absolute Gasteiger partial charge is 0.456 e. The number of aromatic nitrogens is 1. The van der Waals surface area contributed by atoms with Crippen LogP contribution >= 0.6 is 0 Å². The fourth-order valence-corrected chi connectivity index (χ4v) is 10.2. The molecular formula is C66H45N3O. The molecule has 0 radical (unpaired) electrons. The van der Waals surface area contributed by atoms with E-state index in [-0.39, 0.29) is 0 Å². The van der Waals surface area contributed by atoms with Crippen LogP contribution in [0, 0.1) is 0 Å². The van der Waals surface area contributed by atoms with Crippen molar-refractivity contribution in [2.24, 2.45) is 0 Å². The normalized spacial score (nSPS) is 11.4. The van der Waals surface area contributed by atoms with Crippen molar-refractivity contribution in [3.05, 3.63) is 273 Å². The van der Waals surface area contributed by atoms with Gasteiger partial charge in [0.15, 0.2) is 0 Å². The van der Waals surface area contributed by atoms with Crippen LogP contribution < -0.4 is 9.80 Å². The van der Waals surface area contributed by atoms with Gasteiger partial charge in [-0.05, 0) is 143 Å². The molecule has 0 atom stereocenters. The van der Waals surface area contributed by atoms with Gasteiger partial charge in [-0.1, -0.05) is 164 Å². The molecule has 2 aromatic heterocycles. The maximum absolute atomic E-state index is 6.25. The summed E-state index contributed by atoms with van der Waals surface area (Å²) in [5.74, 6) is 0. The topological polar surface area (TPSA) is 24.6 Å². The molecule has 0 saturated heterocycles. The minimum absolute atomic E-state index is 0.877. The van der Waals surface area contributed by atoms with Crippen molar-refractivity contribution in [2.45, 2.75) is 0 Å². The third-order valence-electron chi connectivity index (χ3n) is 13.6. The average Bonchev–Trinajstić information content (AvgIpc) is 3.98. The molecule has 0 aliphatic rings. The van der Waals surface area contributed by atoms with Gasteiger partial charge in [-0.2, -0.15) is 0 Å². The van der Waals surface area contributed by atoms with Crippen molar-refractivity contribution in [3.8, 4) is 39.1 Å². The Balaban J connectivity index is 0.873. The zero-order valence-electron chi connectivity index (χ0n) is 38.2. The summed E-state index contributed by atoms with van der Waals surface area (Å²) in [6, 6.07) is 97.8. The van der Waals surface area contributed by atoms with E-state index in [0.29, 0.717) is 0 Å². The van der Waals surface area contributed by atoms with Gasteiger partial charge in [0, 0.05) is 61.4 Å². The number of anilines is 6. The summed E-state index contributed by atoms with van der Waals surface area (Å²) in [5, 5.41) is 4.63. The Labute approximate surface area is 406 Å². The van der Waals surface area contributed by atoms with Crippen molar-refractivity contribution < 1.29 is 4.42 Å². The average molecular weight is 896 g/mol. The van der Waals surface area contributed by atoms with Gasteiger partial charge in [-0.25, -0.2) is 0 Å². The Morgan fingerprint density at radius 3 is 1.11 bits per heavy atom. The maximum atomic E-state index is 6.25. The highest BCUT2D eigenvalue weighted by Crippen LogP contribution is 2.43. The number of furan rings is 1. The van der Waals surface area contributed by atoms with Gasteiger partial charge in [0.2, 0.25) is 0 Å². The quantitative estimate of drug-likeness (QED) is 0.137. The van der Waals surface area contributed by atoms with Gasteiger partial charge in [0.1, 0.15) is 11.2 Å². The zero-order valence-corrected chi connectivity index (χ0v) is 38.2. The van der Waals surface area contributed by atoms with E-state index in [1.54, 1.807) is 0 Å². The minimum Gasteiger partial charge on any atom is -0.456 e. The highest BCUT2D eigenvalue weighted by atomic mass is 16.3. The van der Waals surface area contributed by atoms with Gasteiger partial charge in [-0.15, -0.1) is 0 Å². The predicted molar refractivity (Wildman–Crippen MR) is 294 cm³/mol. The Morgan fingerprint density at radius 1 is 0.243 bits per heavy atom. The second kappa shape index (κ2) is 17.4. The molecule has 0 spiro atoms. The third-order valence-corrected chi connectivity index (χ3v) is 13.6. The fourth-order valence-electron chi connectivity index (χ4n) is 10.2. The number of nitrogens with zero attached hydrogens (tertiary/aromatic N) is 3. The van der Waals surface area contributed by atoms with Crippen molar-refractivity contribution in [3.63, 3.8) is 0 Å². The minimum atomic E-state index is 0.877. The Hall–Kier alpha value is -9.38. The molecule has 0 amide bonds. The van der Waals surface area contributed by atoms with E-state index in [9.17, 15) is 0 Å². The monoisotopic (exact) mass is 895 g/mol. The van der Waals surface area contributed by atoms with Gasteiger partial charge in [0.05, 0.1) is 11.0 Å². The molecule has 0 N–H and O–H groups in total. The zero-order chi connectivity index (χ0) is 46.4. The first kappa shape index (κ1) is 40.9. The highest BCUT2D eigenvalue weighted by Gasteiger charge is 2.19. The Bertz CT molecular complexity index is 3950. The summed E-state index contributed by atoms with van der Waals surface area (Å²) in [4.78, 5) is 4.70. The summed E-state index contributed by atoms with van der Waals surface area (Å²) in [6.45, 7) is 0. The Kier molecular flexibility index (Phi) is 10.1. The molecule has 0 unspecified atom stereocenters. The summed E-state index contributed by atoms with van der Waals surface area (Å²) in [5.41, 5.74) is 18.8. The molecule has 0 aliphatic carbocycles. The van der Waals surface area contributed by atoms with Crippen LogP contribution in [0.1, 0.15) is 0 Å². The van der Waals surface area contributed by atoms with Crippen molar-refractivity contribution >= 4 is 77.9 Å². The van der Waals surface area contributed by atoms with E-state index in [4.69, 9.17) is 4.42 Å². The van der Waals surface area contributed by atoms with Gasteiger partial charge < -0.3 is 18.8 Å². The smallest absolute Gasteiger partial charge is 0.135 e. The lowest BCUT2D eigenvalue weighted by Crippen LogP contribution is -2.10. The van der Waals surface area contributed by atoms with E-state index >= 15 is 0 Å². The first-order valence-electron chi connectivity index (χ1n) is 23.8. The van der Waals surface area contributed by atoms with Crippen LogP contribution in [0.2, 0.25) is 0 Å². The van der Waals surface area contributed by atoms with Crippen LogP contribution in [-0.2, 0) is 0 Å². The second-order valence-corrected chi connectivity index (χ2v) is 17.8. The van der Waals surface area contributed by atoms with Crippen LogP contribution in [0.15, 0.2) is 277 Å². The number of rotatable bonds is 10. The molecule has 0 aliphatic heterocycles. The predicted octanol–water partition coefficient (Wildman–Crippen LogP) is 18.6. The molecule has 70 heavy (non-hydrogen) atoms. The highest BCUT2D eigenvalue weighted by molar-refractivity contribution is 6.11. The van der Waals surface area contributed by atoms with E-state index < -0.39 is 0 Å². The van der Waals surface area contributed by atoms with E-state index in [1.165, 1.54) is 44.1 Å². The molecule has 330 valence electrons. The molecule has 0 fully saturated rings. The van der Waals surface area contributed by atoms with Gasteiger partial charge in [-0.3, -0.25) is 0 Å². The number of para-hydroxylation sites is 3. The van der Waals surface area contributed by atoms with Crippen LogP contribution in [0.4, 0.5) is 34.1 Å². The Morgan fingerprint density at radius 2 is 0.600 bits per heavy atom. The second-order valence-electron chi connectivity index (χ2n) is 17.8.